The molecule has 0 aromatic heterocycles. The molecule has 1 N–H and O–H groups in total. The van der Waals surface area contributed by atoms with Gasteiger partial charge in [-0.15, -0.1) is 12.4 Å². The SMILES string of the molecule is COc1ccc(C2(c3cccc(CN(C)C)c3)N=CNN2C)cc1.Cl. The van der Waals surface area contributed by atoms with E-state index in [4.69, 9.17) is 9.73 Å². The molecule has 1 aliphatic heterocycles. The standard InChI is InChI=1S/C19H24N4O.ClH/c1-22(2)13-15-6-5-7-17(12-15)19(20-14-21-23(19)3)16-8-10-18(24-4)11-9-16;/h5-12,14H,13H2,1-4H3,(H,20,21);1H. The van der Waals surface area contributed by atoms with Crippen molar-refractivity contribution < 1.29 is 4.74 Å². The number of hydrogen-bond donors (Lipinski definition) is 1. The predicted octanol–water partition coefficient (Wildman–Crippen LogP) is 2.86. The average Bonchev–Trinajstić information content (AvgIpc) is 2.97. The maximum absolute atomic E-state index is 5.29. The van der Waals surface area contributed by atoms with E-state index in [1.807, 2.05) is 24.2 Å². The van der Waals surface area contributed by atoms with Crippen LogP contribution in [0.1, 0.15) is 16.7 Å². The van der Waals surface area contributed by atoms with Crippen LogP contribution in [0.15, 0.2) is 53.5 Å². The zero-order chi connectivity index (χ0) is 17.2. The van der Waals surface area contributed by atoms with E-state index < -0.39 is 5.66 Å². The molecular weight excluding hydrogens is 336 g/mol. The van der Waals surface area contributed by atoms with Gasteiger partial charge in [-0.3, -0.25) is 0 Å². The molecule has 0 spiro atoms. The van der Waals surface area contributed by atoms with Crippen LogP contribution in [0.3, 0.4) is 0 Å². The molecule has 1 aliphatic rings. The van der Waals surface area contributed by atoms with E-state index in [0.717, 1.165) is 23.4 Å². The number of nitrogens with zero attached hydrogens (tertiary/aromatic N) is 3. The normalized spacial score (nSPS) is 19.6. The summed E-state index contributed by atoms with van der Waals surface area (Å²) in [6.45, 7) is 0.896. The Morgan fingerprint density at radius 1 is 1.12 bits per heavy atom. The summed E-state index contributed by atoms with van der Waals surface area (Å²) in [5.41, 5.74) is 6.11. The van der Waals surface area contributed by atoms with Crippen LogP contribution in [0.5, 0.6) is 5.75 Å². The minimum absolute atomic E-state index is 0. The number of nitrogens with one attached hydrogen (secondary N) is 1. The van der Waals surface area contributed by atoms with E-state index in [1.54, 1.807) is 13.4 Å². The molecule has 0 radical (unpaired) electrons. The highest BCUT2D eigenvalue weighted by Crippen LogP contribution is 2.38. The van der Waals surface area contributed by atoms with Crippen LogP contribution in [0.4, 0.5) is 0 Å². The van der Waals surface area contributed by atoms with Crippen molar-refractivity contribution in [3.63, 3.8) is 0 Å². The van der Waals surface area contributed by atoms with E-state index in [0.29, 0.717) is 0 Å². The van der Waals surface area contributed by atoms with Crippen molar-refractivity contribution in [2.24, 2.45) is 4.99 Å². The monoisotopic (exact) mass is 360 g/mol. The number of benzene rings is 2. The van der Waals surface area contributed by atoms with Gasteiger partial charge in [-0.2, -0.15) is 5.01 Å². The number of ether oxygens (including phenoxy) is 1. The predicted molar refractivity (Wildman–Crippen MR) is 104 cm³/mol. The highest BCUT2D eigenvalue weighted by molar-refractivity contribution is 5.85. The molecule has 1 heterocycles. The van der Waals surface area contributed by atoms with E-state index in [9.17, 15) is 0 Å². The Bertz CT molecular complexity index is 732. The Morgan fingerprint density at radius 3 is 2.40 bits per heavy atom. The van der Waals surface area contributed by atoms with Gasteiger partial charge in [0.1, 0.15) is 12.1 Å². The highest BCUT2D eigenvalue weighted by atomic mass is 35.5. The quantitative estimate of drug-likeness (QED) is 0.890. The molecule has 1 atom stereocenters. The van der Waals surface area contributed by atoms with Gasteiger partial charge in [0.2, 0.25) is 0 Å². The average molecular weight is 361 g/mol. The summed E-state index contributed by atoms with van der Waals surface area (Å²) in [6.07, 6.45) is 1.75. The minimum atomic E-state index is -0.575. The molecule has 0 fully saturated rings. The number of methoxy groups -OCH3 is 1. The maximum atomic E-state index is 5.29. The number of aliphatic imine (C=N–C) groups is 1. The van der Waals surface area contributed by atoms with Crippen LogP contribution in [-0.2, 0) is 12.2 Å². The second-order valence-corrected chi connectivity index (χ2v) is 6.29. The van der Waals surface area contributed by atoms with Crippen LogP contribution in [-0.4, -0.2) is 44.5 Å². The number of rotatable bonds is 5. The topological polar surface area (TPSA) is 40.1 Å². The first kappa shape index (κ1) is 19.2. The summed E-state index contributed by atoms with van der Waals surface area (Å²) in [7, 11) is 7.84. The molecule has 0 bridgehead atoms. The van der Waals surface area contributed by atoms with E-state index in [-0.39, 0.29) is 12.4 Å². The first-order valence-electron chi connectivity index (χ1n) is 7.98. The first-order valence-corrected chi connectivity index (χ1v) is 7.98. The molecule has 2 aromatic rings. The molecule has 1 unspecified atom stereocenters. The molecule has 0 saturated carbocycles. The Morgan fingerprint density at radius 2 is 1.84 bits per heavy atom. The van der Waals surface area contributed by atoms with E-state index in [1.165, 1.54) is 5.56 Å². The van der Waals surface area contributed by atoms with Crippen molar-refractivity contribution in [1.29, 1.82) is 0 Å². The summed E-state index contributed by atoms with van der Waals surface area (Å²) < 4.78 is 5.29. The number of hydrogen-bond acceptors (Lipinski definition) is 5. The fraction of sp³-hybridized carbons (Fsp3) is 0.316. The molecule has 134 valence electrons. The highest BCUT2D eigenvalue weighted by Gasteiger charge is 2.41. The van der Waals surface area contributed by atoms with Crippen molar-refractivity contribution in [1.82, 2.24) is 15.3 Å². The lowest BCUT2D eigenvalue weighted by Crippen LogP contribution is -2.44. The molecule has 2 aromatic carbocycles. The van der Waals surface area contributed by atoms with Crippen molar-refractivity contribution in [2.45, 2.75) is 12.2 Å². The fourth-order valence-electron chi connectivity index (χ4n) is 3.17. The molecule has 0 saturated heterocycles. The van der Waals surface area contributed by atoms with Crippen LogP contribution in [0.25, 0.3) is 0 Å². The van der Waals surface area contributed by atoms with Gasteiger partial charge in [0.25, 0.3) is 0 Å². The van der Waals surface area contributed by atoms with Gasteiger partial charge in [0, 0.05) is 24.7 Å². The summed E-state index contributed by atoms with van der Waals surface area (Å²) >= 11 is 0. The minimum Gasteiger partial charge on any atom is -0.497 e. The van der Waals surface area contributed by atoms with E-state index >= 15 is 0 Å². The largest absolute Gasteiger partial charge is 0.497 e. The molecule has 0 amide bonds. The zero-order valence-electron chi connectivity index (χ0n) is 15.1. The van der Waals surface area contributed by atoms with Gasteiger partial charge in [0.15, 0.2) is 5.66 Å². The lowest BCUT2D eigenvalue weighted by molar-refractivity contribution is 0.162. The Balaban J connectivity index is 0.00000225. The zero-order valence-corrected chi connectivity index (χ0v) is 15.9. The number of halogens is 1. The molecule has 3 rings (SSSR count). The van der Waals surface area contributed by atoms with E-state index in [2.05, 4.69) is 60.8 Å². The van der Waals surface area contributed by atoms with Crippen molar-refractivity contribution in [3.05, 3.63) is 65.2 Å². The lowest BCUT2D eigenvalue weighted by Gasteiger charge is -2.34. The van der Waals surface area contributed by atoms with Gasteiger partial charge in [-0.05, 0) is 31.8 Å². The van der Waals surface area contributed by atoms with Gasteiger partial charge in [-0.1, -0.05) is 36.4 Å². The Kier molecular flexibility index (Phi) is 6.06. The molecule has 5 nitrogen and oxygen atoms in total. The van der Waals surface area contributed by atoms with Crippen LogP contribution in [0, 0.1) is 0 Å². The van der Waals surface area contributed by atoms with Crippen molar-refractivity contribution >= 4 is 18.7 Å². The Labute approximate surface area is 155 Å². The number of hydrazine groups is 1. The maximum Gasteiger partial charge on any atom is 0.182 e. The summed E-state index contributed by atoms with van der Waals surface area (Å²) in [5.74, 6) is 0.841. The van der Waals surface area contributed by atoms with Crippen LogP contribution >= 0.6 is 12.4 Å². The van der Waals surface area contributed by atoms with Gasteiger partial charge in [0.05, 0.1) is 7.11 Å². The summed E-state index contributed by atoms with van der Waals surface area (Å²) in [6, 6.07) is 16.7. The summed E-state index contributed by atoms with van der Waals surface area (Å²) in [5, 5.41) is 2.03. The van der Waals surface area contributed by atoms with Crippen molar-refractivity contribution in [2.75, 3.05) is 28.3 Å². The third-order valence-corrected chi connectivity index (χ3v) is 4.31. The second kappa shape index (κ2) is 7.87. The summed E-state index contributed by atoms with van der Waals surface area (Å²) in [4.78, 5) is 6.97. The molecule has 0 aliphatic carbocycles. The van der Waals surface area contributed by atoms with Crippen LogP contribution < -0.4 is 10.2 Å². The third-order valence-electron chi connectivity index (χ3n) is 4.31. The van der Waals surface area contributed by atoms with Gasteiger partial charge in [-0.25, -0.2) is 4.99 Å². The third kappa shape index (κ3) is 3.63. The molecule has 25 heavy (non-hydrogen) atoms. The smallest absolute Gasteiger partial charge is 0.182 e. The second-order valence-electron chi connectivity index (χ2n) is 6.29. The molecule has 6 heteroatoms. The first-order chi connectivity index (χ1) is 11.6. The fourth-order valence-corrected chi connectivity index (χ4v) is 3.17. The van der Waals surface area contributed by atoms with Crippen molar-refractivity contribution in [3.8, 4) is 5.75 Å². The Hall–Kier alpha value is -2.08. The molecular formula is C19H25ClN4O. The van der Waals surface area contributed by atoms with Crippen LogP contribution in [0.2, 0.25) is 0 Å². The van der Waals surface area contributed by atoms with Gasteiger partial charge >= 0.3 is 0 Å². The van der Waals surface area contributed by atoms with Gasteiger partial charge < -0.3 is 15.1 Å². The lowest BCUT2D eigenvalue weighted by atomic mass is 9.90.